The van der Waals surface area contributed by atoms with E-state index in [2.05, 4.69) is 20.1 Å². The zero-order valence-electron chi connectivity index (χ0n) is 13.6. The van der Waals surface area contributed by atoms with Gasteiger partial charge in [-0.3, -0.25) is 4.79 Å². The number of hydrogen-bond donors (Lipinski definition) is 1. The van der Waals surface area contributed by atoms with Crippen LogP contribution in [0.5, 0.6) is 0 Å². The summed E-state index contributed by atoms with van der Waals surface area (Å²) in [5, 5.41) is 16.0. The molecule has 7 nitrogen and oxygen atoms in total. The van der Waals surface area contributed by atoms with Crippen molar-refractivity contribution < 1.29 is 32.4 Å². The molecule has 1 unspecified atom stereocenters. The molecule has 0 radical (unpaired) electrons. The van der Waals surface area contributed by atoms with Gasteiger partial charge in [0.15, 0.2) is 5.82 Å². The SMILES string of the molecule is CCc1noc(-c2ccc(C3=NOC(CC(=O)O)(C(F)(F)F)C3)cc2)n1. The topological polar surface area (TPSA) is 97.8 Å². The fourth-order valence-electron chi connectivity index (χ4n) is 2.54. The molecule has 0 spiro atoms. The summed E-state index contributed by atoms with van der Waals surface area (Å²) in [6.07, 6.45) is -6.15. The first-order valence-corrected chi connectivity index (χ1v) is 7.71. The van der Waals surface area contributed by atoms with Gasteiger partial charge in [-0.05, 0) is 17.7 Å². The second-order valence-corrected chi connectivity index (χ2v) is 5.82. The van der Waals surface area contributed by atoms with Gasteiger partial charge in [-0.15, -0.1) is 0 Å². The lowest BCUT2D eigenvalue weighted by Crippen LogP contribution is -2.47. The summed E-state index contributed by atoms with van der Waals surface area (Å²) in [5.74, 6) is -0.771. The molecule has 1 aliphatic rings. The van der Waals surface area contributed by atoms with E-state index in [-0.39, 0.29) is 5.71 Å². The van der Waals surface area contributed by atoms with Crippen molar-refractivity contribution in [3.8, 4) is 11.5 Å². The van der Waals surface area contributed by atoms with Crippen LogP contribution < -0.4 is 0 Å². The molecule has 2 aromatic rings. The van der Waals surface area contributed by atoms with Gasteiger partial charge >= 0.3 is 12.1 Å². The summed E-state index contributed by atoms with van der Waals surface area (Å²) < 4.78 is 45.0. The summed E-state index contributed by atoms with van der Waals surface area (Å²) in [4.78, 5) is 19.5. The first kappa shape index (κ1) is 17.9. The van der Waals surface area contributed by atoms with Crippen LogP contribution in [0.1, 0.15) is 31.2 Å². The third kappa shape index (κ3) is 3.26. The summed E-state index contributed by atoms with van der Waals surface area (Å²) in [6, 6.07) is 6.30. The average Bonchev–Trinajstić information content (AvgIpc) is 3.21. The Morgan fingerprint density at radius 1 is 1.27 bits per heavy atom. The molecule has 26 heavy (non-hydrogen) atoms. The Morgan fingerprint density at radius 2 is 1.92 bits per heavy atom. The molecule has 0 fully saturated rings. The molecule has 0 saturated heterocycles. The molecule has 1 aliphatic heterocycles. The van der Waals surface area contributed by atoms with Gasteiger partial charge in [0.2, 0.25) is 5.60 Å². The summed E-state index contributed by atoms with van der Waals surface area (Å²) >= 11 is 0. The van der Waals surface area contributed by atoms with E-state index >= 15 is 0 Å². The summed E-state index contributed by atoms with van der Waals surface area (Å²) in [5.41, 5.74) is -1.83. The highest BCUT2D eigenvalue weighted by Crippen LogP contribution is 2.43. The second-order valence-electron chi connectivity index (χ2n) is 5.82. The van der Waals surface area contributed by atoms with E-state index in [1.807, 2.05) is 6.92 Å². The van der Waals surface area contributed by atoms with Crippen LogP contribution in [-0.4, -0.2) is 38.7 Å². The maximum Gasteiger partial charge on any atom is 0.431 e. The van der Waals surface area contributed by atoms with Gasteiger partial charge < -0.3 is 14.5 Å². The summed E-state index contributed by atoms with van der Waals surface area (Å²) in [7, 11) is 0. The maximum absolute atomic E-state index is 13.3. The van der Waals surface area contributed by atoms with Crippen molar-refractivity contribution in [1.82, 2.24) is 10.1 Å². The smallest absolute Gasteiger partial charge is 0.431 e. The minimum atomic E-state index is -4.86. The minimum absolute atomic E-state index is 0.0231. The predicted octanol–water partition coefficient (Wildman–Crippen LogP) is 3.20. The Morgan fingerprint density at radius 3 is 2.46 bits per heavy atom. The number of carboxylic acids is 1. The molecule has 2 heterocycles. The highest BCUT2D eigenvalue weighted by atomic mass is 19.4. The monoisotopic (exact) mass is 369 g/mol. The molecule has 138 valence electrons. The number of aryl methyl sites for hydroxylation is 1. The van der Waals surface area contributed by atoms with Crippen LogP contribution in [0.2, 0.25) is 0 Å². The van der Waals surface area contributed by atoms with Gasteiger partial charge in [0.25, 0.3) is 5.89 Å². The molecule has 0 bridgehead atoms. The van der Waals surface area contributed by atoms with Crippen molar-refractivity contribution in [3.63, 3.8) is 0 Å². The lowest BCUT2D eigenvalue weighted by molar-refractivity contribution is -0.271. The maximum atomic E-state index is 13.3. The van der Waals surface area contributed by atoms with Gasteiger partial charge in [0.1, 0.15) is 0 Å². The third-order valence-corrected chi connectivity index (χ3v) is 3.99. The van der Waals surface area contributed by atoms with Gasteiger partial charge in [-0.25, -0.2) is 0 Å². The van der Waals surface area contributed by atoms with E-state index in [9.17, 15) is 18.0 Å². The first-order valence-electron chi connectivity index (χ1n) is 7.71. The van der Waals surface area contributed by atoms with E-state index in [1.54, 1.807) is 24.3 Å². The third-order valence-electron chi connectivity index (χ3n) is 3.99. The number of rotatable bonds is 5. The van der Waals surface area contributed by atoms with Crippen LogP contribution in [-0.2, 0) is 16.1 Å². The first-order chi connectivity index (χ1) is 12.2. The van der Waals surface area contributed by atoms with E-state index < -0.39 is 30.6 Å². The number of halogens is 3. The number of oxime groups is 1. The standard InChI is InChI=1S/C16H14F3N3O4/c1-2-12-20-14(25-22-12)10-5-3-9(4-6-10)11-7-15(26-21-11,8-13(23)24)16(17,18)19/h3-6H,2,7-8H2,1H3,(H,23,24). The van der Waals surface area contributed by atoms with Gasteiger partial charge in [-0.1, -0.05) is 29.4 Å². The highest BCUT2D eigenvalue weighted by Gasteiger charge is 2.62. The van der Waals surface area contributed by atoms with Crippen molar-refractivity contribution in [2.75, 3.05) is 0 Å². The highest BCUT2D eigenvalue weighted by molar-refractivity contribution is 6.02. The fourth-order valence-corrected chi connectivity index (χ4v) is 2.54. The zero-order chi connectivity index (χ0) is 18.9. The molecule has 0 aliphatic carbocycles. The molecule has 1 aromatic heterocycles. The number of nitrogens with zero attached hydrogens (tertiary/aromatic N) is 3. The Labute approximate surface area is 145 Å². The van der Waals surface area contributed by atoms with Crippen LogP contribution in [0.4, 0.5) is 13.2 Å². The van der Waals surface area contributed by atoms with Crippen LogP contribution in [0.15, 0.2) is 33.9 Å². The number of benzene rings is 1. The summed E-state index contributed by atoms with van der Waals surface area (Å²) in [6.45, 7) is 1.87. The molecule has 0 saturated carbocycles. The molecule has 1 N–H and O–H groups in total. The van der Waals surface area contributed by atoms with Crippen LogP contribution in [0.3, 0.4) is 0 Å². The quantitative estimate of drug-likeness (QED) is 0.869. The molecule has 10 heteroatoms. The van der Waals surface area contributed by atoms with Gasteiger partial charge in [0.05, 0.1) is 12.1 Å². The number of aromatic nitrogens is 2. The van der Waals surface area contributed by atoms with Gasteiger partial charge in [-0.2, -0.15) is 18.2 Å². The van der Waals surface area contributed by atoms with E-state index in [4.69, 9.17) is 9.63 Å². The van der Waals surface area contributed by atoms with Crippen LogP contribution >= 0.6 is 0 Å². The van der Waals surface area contributed by atoms with Crippen LogP contribution in [0.25, 0.3) is 11.5 Å². The number of carboxylic acid groups (broad SMARTS) is 1. The Bertz CT molecular complexity index is 845. The number of alkyl halides is 3. The lowest BCUT2D eigenvalue weighted by Gasteiger charge is -2.27. The zero-order valence-corrected chi connectivity index (χ0v) is 13.6. The molecular weight excluding hydrogens is 355 g/mol. The molecule has 1 atom stereocenters. The normalized spacial score (nSPS) is 19.9. The molecular formula is C16H14F3N3O4. The van der Waals surface area contributed by atoms with E-state index in [0.717, 1.165) is 0 Å². The Balaban J connectivity index is 1.81. The molecule has 1 aromatic carbocycles. The Kier molecular flexibility index (Phi) is 4.43. The number of aliphatic carboxylic acids is 1. The molecule has 0 amide bonds. The average molecular weight is 369 g/mol. The van der Waals surface area contributed by atoms with E-state index in [1.165, 1.54) is 0 Å². The van der Waals surface area contributed by atoms with Crippen LogP contribution in [0, 0.1) is 0 Å². The molecule has 3 rings (SSSR count). The largest absolute Gasteiger partial charge is 0.481 e. The van der Waals surface area contributed by atoms with Gasteiger partial charge in [0, 0.05) is 18.4 Å². The lowest BCUT2D eigenvalue weighted by atomic mass is 9.90. The van der Waals surface area contributed by atoms with Crippen molar-refractivity contribution in [2.24, 2.45) is 5.16 Å². The van der Waals surface area contributed by atoms with Crippen molar-refractivity contribution >= 4 is 11.7 Å². The van der Waals surface area contributed by atoms with Crippen molar-refractivity contribution in [3.05, 3.63) is 35.7 Å². The number of carbonyl (C=O) groups is 1. The second kappa shape index (κ2) is 6.43. The Hall–Kier alpha value is -2.91. The van der Waals surface area contributed by atoms with E-state index in [0.29, 0.717) is 29.3 Å². The van der Waals surface area contributed by atoms with Crippen molar-refractivity contribution in [1.29, 1.82) is 0 Å². The number of hydrogen-bond acceptors (Lipinski definition) is 6. The fraction of sp³-hybridized carbons (Fsp3) is 0.375. The predicted molar refractivity (Wildman–Crippen MR) is 82.4 cm³/mol. The minimum Gasteiger partial charge on any atom is -0.481 e. The van der Waals surface area contributed by atoms with Crippen molar-refractivity contribution in [2.45, 2.75) is 38.0 Å².